The SMILES string of the molecule is CCn1c(-c2cccnc2[C@H](C)OC)c2c3cc(ccc31)-c1cc(O)cc(c1)C[C@H](NC(=O)[C@H](C(C)C)N(C)C(=O)CN(C)C(=O)[C@@H]1CN1CCCOC)C(=O)N1CCC[C@H](N1)C(=O)OCC(C)(C)C2. The standard InChI is InChI=1S/C53H72N8O9/c1-11-60-43-18-17-35-27-39(43)40(48(60)38-15-12-19-54-46(38)33(4)69-10)28-53(5,6)31-70-52(67)41-16-13-21-61(56-41)50(65)42(25-34-23-36(35)26-37(62)24-34)55-49(64)47(32(2)3)58(8)45(63)30-57(7)51(66)44-29-59(44)20-14-22-68-9/h12,15,17-19,23-24,26-27,32-33,41-42,44,47,56,62H,11,13-14,16,20-22,25,28-31H2,1-10H3,(H,55,64)/t33-,41-,42-,44-,47-,59?/m0/s1. The summed E-state index contributed by atoms with van der Waals surface area (Å²) in [6.07, 6.45) is 3.72. The quantitative estimate of drug-likeness (QED) is 0.0813. The lowest BCUT2D eigenvalue weighted by Gasteiger charge is -2.37. The van der Waals surface area contributed by atoms with Gasteiger partial charge in [0.15, 0.2) is 0 Å². The average Bonchev–Trinajstić information content (AvgIpc) is 4.05. The van der Waals surface area contributed by atoms with E-state index in [2.05, 4.69) is 54.3 Å². The number of aryl methyl sites for hydroxylation is 1. The maximum Gasteiger partial charge on any atom is 0.324 e. The molecule has 378 valence electrons. The molecule has 17 nitrogen and oxygen atoms in total. The maximum absolute atomic E-state index is 14.8. The first-order valence-corrected chi connectivity index (χ1v) is 24.6. The number of hydrogen-bond donors (Lipinski definition) is 3. The number of nitrogens with zero attached hydrogens (tertiary/aromatic N) is 6. The fourth-order valence-corrected chi connectivity index (χ4v) is 10.1. The van der Waals surface area contributed by atoms with Gasteiger partial charge in [0.1, 0.15) is 29.9 Å². The van der Waals surface area contributed by atoms with Crippen LogP contribution in [0.2, 0.25) is 0 Å². The number of phenols is 1. The molecule has 3 aliphatic rings. The molecule has 4 aromatic rings. The molecule has 0 aliphatic carbocycles. The number of amides is 4. The smallest absolute Gasteiger partial charge is 0.324 e. The number of phenolic OH excluding ortho intramolecular Hbond substituents is 1. The molecule has 2 aromatic carbocycles. The van der Waals surface area contributed by atoms with Crippen molar-refractivity contribution in [3.05, 3.63) is 71.5 Å². The van der Waals surface area contributed by atoms with Crippen molar-refractivity contribution < 1.29 is 43.3 Å². The molecule has 1 unspecified atom stereocenters. The summed E-state index contributed by atoms with van der Waals surface area (Å²) in [5.41, 5.74) is 9.48. The van der Waals surface area contributed by atoms with E-state index in [1.807, 2.05) is 43.9 Å². The van der Waals surface area contributed by atoms with Crippen LogP contribution >= 0.6 is 0 Å². The van der Waals surface area contributed by atoms with Crippen LogP contribution in [0.15, 0.2) is 54.7 Å². The van der Waals surface area contributed by atoms with Crippen LogP contribution in [0.3, 0.4) is 0 Å². The van der Waals surface area contributed by atoms with Crippen molar-refractivity contribution in [2.45, 2.75) is 110 Å². The van der Waals surface area contributed by atoms with Crippen LogP contribution in [0, 0.1) is 11.3 Å². The first kappa shape index (κ1) is 52.0. The molecule has 6 bridgehead atoms. The lowest BCUT2D eigenvalue weighted by molar-refractivity contribution is -0.155. The normalized spacial score (nSPS) is 21.2. The molecule has 5 heterocycles. The summed E-state index contributed by atoms with van der Waals surface area (Å²) in [6.45, 7) is 14.6. The van der Waals surface area contributed by atoms with E-state index in [-0.39, 0.29) is 55.8 Å². The number of likely N-dealkylation sites (N-methyl/N-ethyl adjacent to an activating group) is 2. The highest BCUT2D eigenvalue weighted by molar-refractivity contribution is 5.96. The molecule has 3 aliphatic heterocycles. The number of rotatable bonds is 15. The Morgan fingerprint density at radius 2 is 1.83 bits per heavy atom. The number of cyclic esters (lactones) is 1. The zero-order valence-corrected chi connectivity index (χ0v) is 42.5. The van der Waals surface area contributed by atoms with E-state index in [1.165, 1.54) is 21.9 Å². The summed E-state index contributed by atoms with van der Waals surface area (Å²) in [5.74, 6) is -2.55. The number of fused-ring (bicyclic) bond motifs is 6. The lowest BCUT2D eigenvalue weighted by Crippen LogP contribution is -2.62. The summed E-state index contributed by atoms with van der Waals surface area (Å²) in [4.78, 5) is 79.9. The van der Waals surface area contributed by atoms with Crippen molar-refractivity contribution in [1.29, 1.82) is 0 Å². The Hall–Kier alpha value is -5.88. The molecule has 0 spiro atoms. The van der Waals surface area contributed by atoms with Crippen LogP contribution in [-0.2, 0) is 57.6 Å². The highest BCUT2D eigenvalue weighted by Crippen LogP contribution is 2.42. The zero-order chi connectivity index (χ0) is 50.6. The number of carbonyl (C=O) groups is 5. The van der Waals surface area contributed by atoms with Gasteiger partial charge < -0.3 is 39.0 Å². The molecule has 17 heteroatoms. The van der Waals surface area contributed by atoms with Crippen molar-refractivity contribution in [2.75, 3.05) is 67.7 Å². The van der Waals surface area contributed by atoms with E-state index in [9.17, 15) is 29.1 Å². The lowest BCUT2D eigenvalue weighted by atomic mass is 9.84. The Kier molecular flexibility index (Phi) is 16.4. The molecular formula is C53H72N8O9. The number of hydrazine groups is 1. The molecule has 70 heavy (non-hydrogen) atoms. The van der Waals surface area contributed by atoms with E-state index in [1.54, 1.807) is 39.6 Å². The molecule has 4 amide bonds. The van der Waals surface area contributed by atoms with Crippen molar-refractivity contribution in [3.63, 3.8) is 0 Å². The second kappa shape index (κ2) is 22.0. The number of ether oxygens (including phenoxy) is 3. The number of aromatic hydroxyl groups is 1. The van der Waals surface area contributed by atoms with Gasteiger partial charge in [-0.3, -0.25) is 38.9 Å². The summed E-state index contributed by atoms with van der Waals surface area (Å²) < 4.78 is 19.4. The minimum Gasteiger partial charge on any atom is -0.508 e. The Labute approximate surface area is 411 Å². The fraction of sp³-hybridized carbons (Fsp3) is 0.547. The second-order valence-electron chi connectivity index (χ2n) is 20.3. The third-order valence-corrected chi connectivity index (χ3v) is 13.9. The Bertz CT molecular complexity index is 2580. The van der Waals surface area contributed by atoms with E-state index >= 15 is 0 Å². The highest BCUT2D eigenvalue weighted by Gasteiger charge is 2.43. The minimum atomic E-state index is -1.19. The molecule has 0 radical (unpaired) electrons. The van der Waals surface area contributed by atoms with Crippen LogP contribution in [0.5, 0.6) is 5.75 Å². The van der Waals surface area contributed by atoms with Gasteiger partial charge in [0.2, 0.25) is 17.7 Å². The van der Waals surface area contributed by atoms with Crippen molar-refractivity contribution in [1.82, 2.24) is 40.0 Å². The third-order valence-electron chi connectivity index (χ3n) is 13.9. The molecule has 7 rings (SSSR count). The Morgan fingerprint density at radius 1 is 1.06 bits per heavy atom. The van der Waals surface area contributed by atoms with E-state index in [0.29, 0.717) is 50.1 Å². The third kappa shape index (κ3) is 11.5. The fourth-order valence-electron chi connectivity index (χ4n) is 10.1. The summed E-state index contributed by atoms with van der Waals surface area (Å²) in [6, 6.07) is 12.1. The second-order valence-corrected chi connectivity index (χ2v) is 20.3. The van der Waals surface area contributed by atoms with Crippen LogP contribution in [0.4, 0.5) is 0 Å². The van der Waals surface area contributed by atoms with Crippen molar-refractivity contribution in [2.24, 2.45) is 11.3 Å². The molecule has 3 N–H and O–H groups in total. The number of aromatic nitrogens is 2. The number of methoxy groups -OCH3 is 2. The van der Waals surface area contributed by atoms with Crippen molar-refractivity contribution >= 4 is 40.5 Å². The number of carbonyl (C=O) groups excluding carboxylic acids is 5. The molecule has 6 atom stereocenters. The Morgan fingerprint density at radius 3 is 2.54 bits per heavy atom. The van der Waals surface area contributed by atoms with Crippen molar-refractivity contribution in [3.8, 4) is 28.1 Å². The monoisotopic (exact) mass is 965 g/mol. The van der Waals surface area contributed by atoms with Gasteiger partial charge in [0.05, 0.1) is 30.6 Å². The van der Waals surface area contributed by atoms with Gasteiger partial charge in [0, 0.05) is 95.6 Å². The summed E-state index contributed by atoms with van der Waals surface area (Å²) in [5, 5.41) is 16.7. The molecule has 2 aromatic heterocycles. The topological polar surface area (TPSA) is 188 Å². The van der Waals surface area contributed by atoms with E-state index in [0.717, 1.165) is 51.9 Å². The number of benzene rings is 2. The number of pyridine rings is 1. The Balaban J connectivity index is 1.24. The van der Waals surface area contributed by atoms with Gasteiger partial charge >= 0.3 is 5.97 Å². The number of nitrogens with one attached hydrogen (secondary N) is 2. The molecular weight excluding hydrogens is 893 g/mol. The predicted octanol–water partition coefficient (Wildman–Crippen LogP) is 5.11. The van der Waals surface area contributed by atoms with Gasteiger partial charge in [-0.05, 0) is 104 Å². The first-order valence-electron chi connectivity index (χ1n) is 24.6. The van der Waals surface area contributed by atoms with Crippen LogP contribution in [0.1, 0.15) is 83.7 Å². The van der Waals surface area contributed by atoms with Gasteiger partial charge in [-0.15, -0.1) is 0 Å². The summed E-state index contributed by atoms with van der Waals surface area (Å²) >= 11 is 0. The molecule has 0 saturated carbocycles. The number of esters is 1. The average molecular weight is 965 g/mol. The number of hydrogen-bond acceptors (Lipinski definition) is 12. The summed E-state index contributed by atoms with van der Waals surface area (Å²) in [7, 11) is 6.42. The predicted molar refractivity (Wildman–Crippen MR) is 266 cm³/mol. The van der Waals surface area contributed by atoms with E-state index in [4.69, 9.17) is 19.2 Å². The van der Waals surface area contributed by atoms with Crippen LogP contribution in [0.25, 0.3) is 33.3 Å². The van der Waals surface area contributed by atoms with Gasteiger partial charge in [-0.1, -0.05) is 39.8 Å². The highest BCUT2D eigenvalue weighted by atomic mass is 16.5. The van der Waals surface area contributed by atoms with E-state index < -0.39 is 47.2 Å². The van der Waals surface area contributed by atoms with Gasteiger partial charge in [0.25, 0.3) is 5.91 Å². The van der Waals surface area contributed by atoms with Crippen LogP contribution in [-0.4, -0.2) is 156 Å². The van der Waals surface area contributed by atoms with Gasteiger partial charge in [-0.25, -0.2) is 5.43 Å². The minimum absolute atomic E-state index is 0.0199. The molecule has 2 fully saturated rings. The molecule has 2 saturated heterocycles. The zero-order valence-electron chi connectivity index (χ0n) is 42.5. The maximum atomic E-state index is 14.8. The largest absolute Gasteiger partial charge is 0.508 e. The van der Waals surface area contributed by atoms with Gasteiger partial charge in [-0.2, -0.15) is 0 Å². The first-order chi connectivity index (χ1) is 33.4. The van der Waals surface area contributed by atoms with Crippen LogP contribution < -0.4 is 10.7 Å².